The van der Waals surface area contributed by atoms with Crippen molar-refractivity contribution in [1.82, 2.24) is 10.6 Å². The topological polar surface area (TPSA) is 58.2 Å². The lowest BCUT2D eigenvalue weighted by Crippen LogP contribution is -2.35. The predicted molar refractivity (Wildman–Crippen MR) is 49.1 cm³/mol. The highest BCUT2D eigenvalue weighted by Gasteiger charge is 2.23. The molecule has 2 amide bonds. The van der Waals surface area contributed by atoms with E-state index in [0.717, 1.165) is 12.8 Å². The minimum Gasteiger partial charge on any atom is -0.353 e. The van der Waals surface area contributed by atoms with Crippen molar-refractivity contribution in [2.24, 2.45) is 0 Å². The number of carbonyl (C=O) groups is 2. The van der Waals surface area contributed by atoms with Crippen LogP contribution < -0.4 is 10.6 Å². The lowest BCUT2D eigenvalue weighted by molar-refractivity contribution is -0.129. The standard InChI is InChI=1S/C9H16N2O2/c1-6(2)10-8(12)5-9(13)11-7-3-4-7/h6-7H,3-5H2,1-2H3,(H,10,12)(H,11,13). The Balaban J connectivity index is 2.14. The van der Waals surface area contributed by atoms with Crippen LogP contribution in [-0.2, 0) is 9.59 Å². The molecule has 1 aliphatic carbocycles. The van der Waals surface area contributed by atoms with E-state index in [0.29, 0.717) is 6.04 Å². The van der Waals surface area contributed by atoms with E-state index in [1.54, 1.807) is 0 Å². The lowest BCUT2D eigenvalue weighted by Gasteiger charge is -2.07. The fraction of sp³-hybridized carbons (Fsp3) is 0.778. The maximum atomic E-state index is 11.1. The smallest absolute Gasteiger partial charge is 0.229 e. The van der Waals surface area contributed by atoms with Crippen molar-refractivity contribution in [3.8, 4) is 0 Å². The first-order valence-corrected chi connectivity index (χ1v) is 4.66. The molecule has 0 aromatic carbocycles. The number of carbonyl (C=O) groups excluding carboxylic acids is 2. The summed E-state index contributed by atoms with van der Waals surface area (Å²) in [5, 5.41) is 5.43. The van der Waals surface area contributed by atoms with Gasteiger partial charge in [0.25, 0.3) is 0 Å². The number of hydrogen-bond acceptors (Lipinski definition) is 2. The van der Waals surface area contributed by atoms with Gasteiger partial charge in [0.15, 0.2) is 0 Å². The molecule has 1 saturated carbocycles. The molecule has 0 spiro atoms. The minimum atomic E-state index is -0.201. The van der Waals surface area contributed by atoms with Gasteiger partial charge in [-0.2, -0.15) is 0 Å². The fourth-order valence-corrected chi connectivity index (χ4v) is 1.03. The van der Waals surface area contributed by atoms with E-state index >= 15 is 0 Å². The van der Waals surface area contributed by atoms with Gasteiger partial charge in [0.05, 0.1) is 0 Å². The molecule has 0 saturated heterocycles. The van der Waals surface area contributed by atoms with E-state index in [2.05, 4.69) is 10.6 Å². The minimum absolute atomic E-state index is 0.0469. The summed E-state index contributed by atoms with van der Waals surface area (Å²) in [6.45, 7) is 3.74. The highest BCUT2D eigenvalue weighted by molar-refractivity contribution is 5.97. The van der Waals surface area contributed by atoms with Gasteiger partial charge in [0.1, 0.15) is 6.42 Å². The first kappa shape index (κ1) is 10.0. The van der Waals surface area contributed by atoms with E-state index < -0.39 is 0 Å². The van der Waals surface area contributed by atoms with E-state index in [9.17, 15) is 9.59 Å². The second-order valence-electron chi connectivity index (χ2n) is 3.74. The van der Waals surface area contributed by atoms with Crippen LogP contribution in [0.2, 0.25) is 0 Å². The Morgan fingerprint density at radius 2 is 1.92 bits per heavy atom. The maximum absolute atomic E-state index is 11.1. The Labute approximate surface area is 78.1 Å². The lowest BCUT2D eigenvalue weighted by atomic mass is 10.3. The average Bonchev–Trinajstić information content (AvgIpc) is 2.67. The fourth-order valence-electron chi connectivity index (χ4n) is 1.03. The van der Waals surface area contributed by atoms with Crippen LogP contribution in [0, 0.1) is 0 Å². The molecule has 0 atom stereocenters. The zero-order valence-electron chi connectivity index (χ0n) is 8.09. The van der Waals surface area contributed by atoms with Crippen LogP contribution in [0.4, 0.5) is 0 Å². The number of nitrogens with one attached hydrogen (secondary N) is 2. The molecule has 4 nitrogen and oxygen atoms in total. The first-order valence-electron chi connectivity index (χ1n) is 4.66. The van der Waals surface area contributed by atoms with Crippen molar-refractivity contribution in [2.45, 2.75) is 45.2 Å². The SMILES string of the molecule is CC(C)NC(=O)CC(=O)NC1CC1. The molecule has 0 aromatic heterocycles. The summed E-state index contributed by atoms with van der Waals surface area (Å²) < 4.78 is 0. The average molecular weight is 184 g/mol. The molecule has 0 bridgehead atoms. The van der Waals surface area contributed by atoms with Gasteiger partial charge in [-0.25, -0.2) is 0 Å². The van der Waals surface area contributed by atoms with E-state index in [-0.39, 0.29) is 24.3 Å². The van der Waals surface area contributed by atoms with Gasteiger partial charge in [-0.3, -0.25) is 9.59 Å². The summed E-state index contributed by atoms with van der Waals surface area (Å²) in [4.78, 5) is 22.2. The third-order valence-electron chi connectivity index (χ3n) is 1.71. The van der Waals surface area contributed by atoms with Crippen LogP contribution in [0.3, 0.4) is 0 Å². The van der Waals surface area contributed by atoms with Crippen LogP contribution in [0.5, 0.6) is 0 Å². The van der Waals surface area contributed by atoms with Gasteiger partial charge in [-0.15, -0.1) is 0 Å². The highest BCUT2D eigenvalue weighted by Crippen LogP contribution is 2.18. The van der Waals surface area contributed by atoms with Gasteiger partial charge in [0, 0.05) is 12.1 Å². The van der Waals surface area contributed by atoms with Crippen LogP contribution in [-0.4, -0.2) is 23.9 Å². The summed E-state index contributed by atoms with van der Waals surface area (Å²) in [5.41, 5.74) is 0. The third-order valence-corrected chi connectivity index (χ3v) is 1.71. The van der Waals surface area contributed by atoms with Crippen molar-refractivity contribution in [1.29, 1.82) is 0 Å². The summed E-state index contributed by atoms with van der Waals surface area (Å²) >= 11 is 0. The molecule has 0 heterocycles. The summed E-state index contributed by atoms with van der Waals surface area (Å²) in [5.74, 6) is -0.367. The largest absolute Gasteiger partial charge is 0.353 e. The molecule has 0 unspecified atom stereocenters. The number of amides is 2. The van der Waals surface area contributed by atoms with Crippen molar-refractivity contribution in [3.63, 3.8) is 0 Å². The third kappa shape index (κ3) is 4.50. The molecular formula is C9H16N2O2. The Bertz CT molecular complexity index is 196. The van der Waals surface area contributed by atoms with E-state index in [4.69, 9.17) is 0 Å². The van der Waals surface area contributed by atoms with Crippen LogP contribution in [0.15, 0.2) is 0 Å². The quantitative estimate of drug-likeness (QED) is 0.612. The summed E-state index contributed by atoms with van der Waals surface area (Å²) in [6.07, 6.45) is 2.06. The Kier molecular flexibility index (Phi) is 3.28. The molecule has 13 heavy (non-hydrogen) atoms. The second-order valence-corrected chi connectivity index (χ2v) is 3.74. The van der Waals surface area contributed by atoms with Crippen molar-refractivity contribution >= 4 is 11.8 Å². The maximum Gasteiger partial charge on any atom is 0.229 e. The molecular weight excluding hydrogens is 168 g/mol. The van der Waals surface area contributed by atoms with Crippen LogP contribution in [0.1, 0.15) is 33.1 Å². The van der Waals surface area contributed by atoms with Crippen LogP contribution in [0.25, 0.3) is 0 Å². The van der Waals surface area contributed by atoms with E-state index in [1.807, 2.05) is 13.8 Å². The van der Waals surface area contributed by atoms with Gasteiger partial charge in [-0.1, -0.05) is 0 Å². The first-order chi connectivity index (χ1) is 6.08. The van der Waals surface area contributed by atoms with Gasteiger partial charge in [-0.05, 0) is 26.7 Å². The van der Waals surface area contributed by atoms with Crippen LogP contribution >= 0.6 is 0 Å². The summed E-state index contributed by atoms with van der Waals surface area (Å²) in [7, 11) is 0. The monoisotopic (exact) mass is 184 g/mol. The van der Waals surface area contributed by atoms with Crippen molar-refractivity contribution in [3.05, 3.63) is 0 Å². The summed E-state index contributed by atoms with van der Waals surface area (Å²) in [6, 6.07) is 0.431. The van der Waals surface area contributed by atoms with Crippen molar-refractivity contribution < 1.29 is 9.59 Å². The molecule has 74 valence electrons. The van der Waals surface area contributed by atoms with Gasteiger partial charge in [0.2, 0.25) is 11.8 Å². The molecule has 0 aliphatic heterocycles. The predicted octanol–water partition coefficient (Wildman–Crippen LogP) is 0.180. The Morgan fingerprint density at radius 1 is 1.31 bits per heavy atom. The zero-order valence-corrected chi connectivity index (χ0v) is 8.09. The Hall–Kier alpha value is -1.06. The van der Waals surface area contributed by atoms with Gasteiger partial charge >= 0.3 is 0 Å². The molecule has 1 fully saturated rings. The molecule has 1 aliphatic rings. The number of hydrogen-bond donors (Lipinski definition) is 2. The number of rotatable bonds is 4. The van der Waals surface area contributed by atoms with E-state index in [1.165, 1.54) is 0 Å². The van der Waals surface area contributed by atoms with Crippen molar-refractivity contribution in [2.75, 3.05) is 0 Å². The zero-order chi connectivity index (χ0) is 9.84. The molecule has 2 N–H and O–H groups in total. The molecule has 1 rings (SSSR count). The molecule has 0 radical (unpaired) electrons. The highest BCUT2D eigenvalue weighted by atomic mass is 16.2. The molecule has 0 aromatic rings. The Morgan fingerprint density at radius 3 is 2.38 bits per heavy atom. The molecule has 4 heteroatoms. The second kappa shape index (κ2) is 4.25. The van der Waals surface area contributed by atoms with Gasteiger partial charge < -0.3 is 10.6 Å². The normalized spacial score (nSPS) is 15.6.